The Morgan fingerprint density at radius 2 is 2.14 bits per heavy atom. The molecule has 4 nitrogen and oxygen atoms in total. The van der Waals surface area contributed by atoms with Crippen LogP contribution in [0.1, 0.15) is 5.56 Å². The molecule has 0 atom stereocenters. The first kappa shape index (κ1) is 13.6. The van der Waals surface area contributed by atoms with Crippen LogP contribution in [0.2, 0.25) is 5.02 Å². The van der Waals surface area contributed by atoms with E-state index >= 15 is 0 Å². The number of carbonyl (C=O) groups excluding carboxylic acids is 1. The van der Waals surface area contributed by atoms with Crippen LogP contribution in [0.15, 0.2) is 42.5 Å². The largest absolute Gasteiger partial charge is 0.308 e. The first-order chi connectivity index (χ1) is 10.1. The zero-order valence-electron chi connectivity index (χ0n) is 10.9. The minimum Gasteiger partial charge on any atom is -0.308 e. The summed E-state index contributed by atoms with van der Waals surface area (Å²) in [5.41, 5.74) is 1.46. The molecule has 0 aliphatic rings. The maximum absolute atomic E-state index is 13.3. The Labute approximate surface area is 124 Å². The van der Waals surface area contributed by atoms with Crippen LogP contribution in [0.3, 0.4) is 0 Å². The van der Waals surface area contributed by atoms with E-state index in [1.165, 1.54) is 12.1 Å². The number of rotatable bonds is 3. The highest BCUT2D eigenvalue weighted by atomic mass is 35.5. The monoisotopic (exact) mass is 303 g/mol. The smallest absolute Gasteiger partial charge is 0.230 e. The van der Waals surface area contributed by atoms with Gasteiger partial charge in [0.25, 0.3) is 0 Å². The average molecular weight is 304 g/mol. The molecule has 2 aromatic carbocycles. The van der Waals surface area contributed by atoms with Crippen LogP contribution < -0.4 is 5.32 Å². The lowest BCUT2D eigenvalue weighted by molar-refractivity contribution is -0.115. The van der Waals surface area contributed by atoms with Gasteiger partial charge in [0.1, 0.15) is 5.82 Å². The first-order valence-electron chi connectivity index (χ1n) is 6.30. The number of H-pyrrole nitrogens is 1. The third kappa shape index (κ3) is 3.03. The number of hydrogen-bond acceptors (Lipinski definition) is 2. The van der Waals surface area contributed by atoms with Crippen molar-refractivity contribution in [1.82, 2.24) is 10.2 Å². The van der Waals surface area contributed by atoms with E-state index in [-0.39, 0.29) is 18.1 Å². The van der Waals surface area contributed by atoms with Crippen LogP contribution in [0.25, 0.3) is 10.9 Å². The molecule has 2 N–H and O–H groups in total. The van der Waals surface area contributed by atoms with Crippen molar-refractivity contribution in [1.29, 1.82) is 0 Å². The molecular weight excluding hydrogens is 293 g/mol. The number of fused-ring (bicyclic) bond motifs is 1. The van der Waals surface area contributed by atoms with Crippen molar-refractivity contribution in [3.05, 3.63) is 58.9 Å². The Kier molecular flexibility index (Phi) is 3.58. The Hall–Kier alpha value is -2.40. The lowest BCUT2D eigenvalue weighted by Gasteiger charge is -2.03. The second-order valence-electron chi connectivity index (χ2n) is 4.62. The summed E-state index contributed by atoms with van der Waals surface area (Å²) in [5, 5.41) is 10.5. The average Bonchev–Trinajstić information content (AvgIpc) is 2.81. The van der Waals surface area contributed by atoms with E-state index in [0.717, 1.165) is 5.56 Å². The second kappa shape index (κ2) is 5.54. The molecule has 0 fully saturated rings. The molecule has 21 heavy (non-hydrogen) atoms. The highest BCUT2D eigenvalue weighted by molar-refractivity contribution is 6.30. The Morgan fingerprint density at radius 3 is 2.95 bits per heavy atom. The van der Waals surface area contributed by atoms with Crippen LogP contribution in [-0.4, -0.2) is 16.1 Å². The molecule has 1 heterocycles. The van der Waals surface area contributed by atoms with E-state index in [9.17, 15) is 9.18 Å². The fraction of sp³-hybridized carbons (Fsp3) is 0.0667. The van der Waals surface area contributed by atoms with E-state index in [2.05, 4.69) is 15.5 Å². The number of nitrogens with one attached hydrogen (secondary N) is 2. The molecule has 0 aliphatic heterocycles. The second-order valence-corrected chi connectivity index (χ2v) is 5.05. The van der Waals surface area contributed by atoms with Gasteiger partial charge in [-0.3, -0.25) is 9.89 Å². The first-order valence-corrected chi connectivity index (χ1v) is 6.67. The van der Waals surface area contributed by atoms with Crippen LogP contribution in [0.4, 0.5) is 10.2 Å². The maximum atomic E-state index is 13.3. The molecule has 3 aromatic rings. The van der Waals surface area contributed by atoms with Gasteiger partial charge in [0.2, 0.25) is 5.91 Å². The lowest BCUT2D eigenvalue weighted by Crippen LogP contribution is -2.14. The zero-order valence-corrected chi connectivity index (χ0v) is 11.6. The molecule has 0 spiro atoms. The van der Waals surface area contributed by atoms with Crippen LogP contribution in [-0.2, 0) is 11.2 Å². The normalized spacial score (nSPS) is 10.8. The van der Waals surface area contributed by atoms with E-state index in [1.54, 1.807) is 24.3 Å². The Balaban J connectivity index is 1.79. The molecule has 1 amide bonds. The van der Waals surface area contributed by atoms with Crippen molar-refractivity contribution >= 4 is 34.2 Å². The molecule has 0 unspecified atom stereocenters. The quantitative estimate of drug-likeness (QED) is 0.777. The van der Waals surface area contributed by atoms with Crippen molar-refractivity contribution in [2.45, 2.75) is 6.42 Å². The molecule has 1 aromatic heterocycles. The fourth-order valence-electron chi connectivity index (χ4n) is 2.09. The van der Waals surface area contributed by atoms with Gasteiger partial charge in [0.15, 0.2) is 5.82 Å². The van der Waals surface area contributed by atoms with Gasteiger partial charge in [-0.25, -0.2) is 4.39 Å². The van der Waals surface area contributed by atoms with Gasteiger partial charge in [-0.2, -0.15) is 5.10 Å². The highest BCUT2D eigenvalue weighted by Crippen LogP contribution is 2.21. The topological polar surface area (TPSA) is 57.8 Å². The van der Waals surface area contributed by atoms with E-state index < -0.39 is 0 Å². The zero-order chi connectivity index (χ0) is 14.8. The van der Waals surface area contributed by atoms with Crippen molar-refractivity contribution in [2.75, 3.05) is 5.32 Å². The standard InChI is InChI=1S/C15H11ClFN3O/c16-10-3-1-2-9(6-10)7-14(21)18-15-12-8-11(17)4-5-13(12)19-20-15/h1-6,8H,7H2,(H2,18,19,20,21). The molecule has 106 valence electrons. The minimum absolute atomic E-state index is 0.171. The fourth-order valence-corrected chi connectivity index (χ4v) is 2.30. The lowest BCUT2D eigenvalue weighted by atomic mass is 10.1. The maximum Gasteiger partial charge on any atom is 0.230 e. The number of aromatic amines is 1. The van der Waals surface area contributed by atoms with Crippen molar-refractivity contribution in [2.24, 2.45) is 0 Å². The Bertz CT molecular complexity index is 816. The molecule has 0 radical (unpaired) electrons. The van der Waals surface area contributed by atoms with Crippen molar-refractivity contribution in [3.63, 3.8) is 0 Å². The molecule has 6 heteroatoms. The minimum atomic E-state index is -0.380. The van der Waals surface area contributed by atoms with E-state index in [0.29, 0.717) is 21.7 Å². The number of anilines is 1. The van der Waals surface area contributed by atoms with Gasteiger partial charge in [0, 0.05) is 10.4 Å². The van der Waals surface area contributed by atoms with Gasteiger partial charge in [-0.05, 0) is 35.9 Å². The van der Waals surface area contributed by atoms with E-state index in [1.807, 2.05) is 6.07 Å². The number of aromatic nitrogens is 2. The summed E-state index contributed by atoms with van der Waals surface area (Å²) in [5.74, 6) is -0.305. The predicted molar refractivity (Wildman–Crippen MR) is 79.8 cm³/mol. The molecule has 0 aliphatic carbocycles. The van der Waals surface area contributed by atoms with Crippen LogP contribution in [0, 0.1) is 5.82 Å². The van der Waals surface area contributed by atoms with Gasteiger partial charge < -0.3 is 5.32 Å². The number of nitrogens with zero attached hydrogens (tertiary/aromatic N) is 1. The van der Waals surface area contributed by atoms with Crippen molar-refractivity contribution in [3.8, 4) is 0 Å². The Morgan fingerprint density at radius 1 is 1.29 bits per heavy atom. The molecule has 0 bridgehead atoms. The molecule has 0 saturated carbocycles. The summed E-state index contributed by atoms with van der Waals surface area (Å²) in [4.78, 5) is 12.0. The van der Waals surface area contributed by atoms with Gasteiger partial charge in [0.05, 0.1) is 11.9 Å². The third-order valence-corrected chi connectivity index (χ3v) is 3.27. The van der Waals surface area contributed by atoms with Gasteiger partial charge >= 0.3 is 0 Å². The number of benzene rings is 2. The summed E-state index contributed by atoms with van der Waals surface area (Å²) in [6.45, 7) is 0. The van der Waals surface area contributed by atoms with Gasteiger partial charge in [-0.15, -0.1) is 0 Å². The molecular formula is C15H11ClFN3O. The number of hydrogen-bond donors (Lipinski definition) is 2. The number of halogens is 2. The summed E-state index contributed by atoms with van der Waals surface area (Å²) in [6, 6.07) is 11.3. The van der Waals surface area contributed by atoms with E-state index in [4.69, 9.17) is 11.6 Å². The third-order valence-electron chi connectivity index (χ3n) is 3.04. The molecule has 3 rings (SSSR count). The van der Waals surface area contributed by atoms with Crippen LogP contribution >= 0.6 is 11.6 Å². The van der Waals surface area contributed by atoms with Crippen LogP contribution in [0.5, 0.6) is 0 Å². The summed E-state index contributed by atoms with van der Waals surface area (Å²) in [7, 11) is 0. The summed E-state index contributed by atoms with van der Waals surface area (Å²) >= 11 is 5.88. The number of amides is 1. The molecule has 0 saturated heterocycles. The van der Waals surface area contributed by atoms with Gasteiger partial charge in [-0.1, -0.05) is 23.7 Å². The summed E-state index contributed by atoms with van der Waals surface area (Å²) in [6.07, 6.45) is 0.171. The SMILES string of the molecule is O=C(Cc1cccc(Cl)c1)Nc1n[nH]c2ccc(F)cc12. The highest BCUT2D eigenvalue weighted by Gasteiger charge is 2.10. The summed E-state index contributed by atoms with van der Waals surface area (Å²) < 4.78 is 13.3. The number of carbonyl (C=O) groups is 1. The predicted octanol–water partition coefficient (Wildman–Crippen LogP) is 3.54. The van der Waals surface area contributed by atoms with Crippen molar-refractivity contribution < 1.29 is 9.18 Å².